The Morgan fingerprint density at radius 1 is 1.40 bits per heavy atom. The van der Waals surface area contributed by atoms with Crippen LogP contribution in [0.3, 0.4) is 0 Å². The van der Waals surface area contributed by atoms with E-state index in [2.05, 4.69) is 4.72 Å². The zero-order chi connectivity index (χ0) is 15.3. The summed E-state index contributed by atoms with van der Waals surface area (Å²) in [4.78, 5) is 0.180. The van der Waals surface area contributed by atoms with Crippen LogP contribution < -0.4 is 4.72 Å². The van der Waals surface area contributed by atoms with Crippen LogP contribution >= 0.6 is 0 Å². The number of hydrogen-bond acceptors (Lipinski definition) is 4. The molecular formula is C13H24N2O4S. The van der Waals surface area contributed by atoms with Gasteiger partial charge in [-0.1, -0.05) is 6.92 Å². The number of methoxy groups -OCH3 is 1. The van der Waals surface area contributed by atoms with Crippen LogP contribution in [0.15, 0.2) is 17.2 Å². The molecule has 1 aromatic heterocycles. The normalized spacial score (nSPS) is 13.9. The molecule has 116 valence electrons. The van der Waals surface area contributed by atoms with Gasteiger partial charge in [-0.25, -0.2) is 13.1 Å². The molecule has 0 aromatic carbocycles. The standard InChI is InChI=1S/C13H24N2O4S/c1-10(2)15-7-13(5-12(15)8-16)20(17,18)14-6-11(3)9-19-4/h5,7,10-11,14,16H,6,8-9H2,1-4H3. The van der Waals surface area contributed by atoms with Gasteiger partial charge in [0.1, 0.15) is 0 Å². The minimum absolute atomic E-state index is 0.0912. The van der Waals surface area contributed by atoms with Gasteiger partial charge in [-0.15, -0.1) is 0 Å². The monoisotopic (exact) mass is 304 g/mol. The SMILES string of the molecule is COCC(C)CNS(=O)(=O)c1cc(CO)n(C(C)C)c1. The van der Waals surface area contributed by atoms with Gasteiger partial charge >= 0.3 is 0 Å². The average Bonchev–Trinajstić information content (AvgIpc) is 2.82. The molecule has 0 aliphatic heterocycles. The van der Waals surface area contributed by atoms with Crippen LogP contribution in [0.1, 0.15) is 32.5 Å². The lowest BCUT2D eigenvalue weighted by atomic mass is 10.2. The molecule has 0 amide bonds. The molecule has 0 radical (unpaired) electrons. The number of nitrogens with zero attached hydrogens (tertiary/aromatic N) is 1. The zero-order valence-corrected chi connectivity index (χ0v) is 13.3. The predicted molar refractivity (Wildman–Crippen MR) is 77.0 cm³/mol. The first-order valence-corrected chi connectivity index (χ1v) is 8.10. The first-order valence-electron chi connectivity index (χ1n) is 6.62. The number of aromatic nitrogens is 1. The second-order valence-corrected chi connectivity index (χ2v) is 7.01. The third-order valence-corrected chi connectivity index (χ3v) is 4.40. The van der Waals surface area contributed by atoms with Crippen molar-refractivity contribution in [3.63, 3.8) is 0 Å². The molecular weight excluding hydrogens is 280 g/mol. The Morgan fingerprint density at radius 2 is 2.05 bits per heavy atom. The fourth-order valence-electron chi connectivity index (χ4n) is 1.93. The summed E-state index contributed by atoms with van der Waals surface area (Å²) in [6, 6.07) is 1.59. The molecule has 7 heteroatoms. The second-order valence-electron chi connectivity index (χ2n) is 5.24. The minimum atomic E-state index is -3.56. The van der Waals surface area contributed by atoms with E-state index >= 15 is 0 Å². The molecule has 1 rings (SSSR count). The molecule has 2 N–H and O–H groups in total. The van der Waals surface area contributed by atoms with Gasteiger partial charge in [-0.2, -0.15) is 0 Å². The third-order valence-electron chi connectivity index (χ3n) is 3.01. The third kappa shape index (κ3) is 4.31. The molecule has 1 heterocycles. The van der Waals surface area contributed by atoms with Gasteiger partial charge < -0.3 is 14.4 Å². The van der Waals surface area contributed by atoms with Crippen molar-refractivity contribution in [1.82, 2.24) is 9.29 Å². The van der Waals surface area contributed by atoms with Crippen LogP contribution in [-0.2, 0) is 21.4 Å². The zero-order valence-electron chi connectivity index (χ0n) is 12.5. The van der Waals surface area contributed by atoms with Crippen LogP contribution in [-0.4, -0.2) is 38.4 Å². The van der Waals surface area contributed by atoms with E-state index in [9.17, 15) is 13.5 Å². The van der Waals surface area contributed by atoms with Gasteiger partial charge in [0, 0.05) is 38.2 Å². The lowest BCUT2D eigenvalue weighted by Crippen LogP contribution is -2.29. The minimum Gasteiger partial charge on any atom is -0.390 e. The molecule has 1 unspecified atom stereocenters. The molecule has 0 aliphatic carbocycles. The van der Waals surface area contributed by atoms with Crippen molar-refractivity contribution in [3.8, 4) is 0 Å². The Morgan fingerprint density at radius 3 is 2.50 bits per heavy atom. The van der Waals surface area contributed by atoms with Gasteiger partial charge in [0.25, 0.3) is 0 Å². The Labute approximate surface area is 120 Å². The number of aliphatic hydroxyl groups is 1. The predicted octanol–water partition coefficient (Wildman–Crippen LogP) is 1.12. The van der Waals surface area contributed by atoms with Crippen molar-refractivity contribution in [2.24, 2.45) is 5.92 Å². The smallest absolute Gasteiger partial charge is 0.242 e. The van der Waals surface area contributed by atoms with E-state index in [4.69, 9.17) is 4.74 Å². The number of sulfonamides is 1. The number of rotatable bonds is 8. The lowest BCUT2D eigenvalue weighted by Gasteiger charge is -2.11. The maximum Gasteiger partial charge on any atom is 0.242 e. The lowest BCUT2D eigenvalue weighted by molar-refractivity contribution is 0.161. The molecule has 0 bridgehead atoms. The summed E-state index contributed by atoms with van der Waals surface area (Å²) in [5.41, 5.74) is 0.588. The number of ether oxygens (including phenoxy) is 1. The molecule has 0 fully saturated rings. The summed E-state index contributed by atoms with van der Waals surface area (Å²) in [5.74, 6) is 0.0965. The van der Waals surface area contributed by atoms with E-state index in [-0.39, 0.29) is 23.5 Å². The van der Waals surface area contributed by atoms with Crippen molar-refractivity contribution in [2.75, 3.05) is 20.3 Å². The van der Waals surface area contributed by atoms with Crippen LogP contribution in [0.5, 0.6) is 0 Å². The summed E-state index contributed by atoms with van der Waals surface area (Å²) < 4.78 is 33.7. The maximum atomic E-state index is 12.2. The van der Waals surface area contributed by atoms with E-state index in [1.165, 1.54) is 6.07 Å². The van der Waals surface area contributed by atoms with Gasteiger partial charge in [0.05, 0.1) is 11.5 Å². The maximum absolute atomic E-state index is 12.2. The van der Waals surface area contributed by atoms with Crippen molar-refractivity contribution in [2.45, 2.75) is 38.3 Å². The highest BCUT2D eigenvalue weighted by molar-refractivity contribution is 7.89. The molecule has 20 heavy (non-hydrogen) atoms. The molecule has 1 atom stereocenters. The molecule has 6 nitrogen and oxygen atoms in total. The molecule has 1 aromatic rings. The van der Waals surface area contributed by atoms with E-state index in [0.717, 1.165) is 0 Å². The summed E-state index contributed by atoms with van der Waals surface area (Å²) in [6.07, 6.45) is 1.56. The van der Waals surface area contributed by atoms with Crippen LogP contribution in [0, 0.1) is 5.92 Å². The highest BCUT2D eigenvalue weighted by Gasteiger charge is 2.19. The van der Waals surface area contributed by atoms with Crippen molar-refractivity contribution < 1.29 is 18.3 Å². The average molecular weight is 304 g/mol. The second kappa shape index (κ2) is 7.21. The number of nitrogens with one attached hydrogen (secondary N) is 1. The van der Waals surface area contributed by atoms with Crippen molar-refractivity contribution in [1.29, 1.82) is 0 Å². The van der Waals surface area contributed by atoms with Gasteiger partial charge in [0.15, 0.2) is 0 Å². The Hall–Kier alpha value is -0.890. The quantitative estimate of drug-likeness (QED) is 0.754. The number of hydrogen-bond donors (Lipinski definition) is 2. The van der Waals surface area contributed by atoms with Gasteiger partial charge in [0.2, 0.25) is 10.0 Å². The van der Waals surface area contributed by atoms with E-state index in [0.29, 0.717) is 18.8 Å². The largest absolute Gasteiger partial charge is 0.390 e. The molecule has 0 spiro atoms. The fraction of sp³-hybridized carbons (Fsp3) is 0.692. The summed E-state index contributed by atoms with van der Waals surface area (Å²) in [5, 5.41) is 9.28. The van der Waals surface area contributed by atoms with Gasteiger partial charge in [-0.05, 0) is 25.8 Å². The van der Waals surface area contributed by atoms with Gasteiger partial charge in [-0.3, -0.25) is 0 Å². The summed E-state index contributed by atoms with van der Waals surface area (Å²) in [7, 11) is -1.97. The topological polar surface area (TPSA) is 80.6 Å². The first-order chi connectivity index (χ1) is 9.31. The Kier molecular flexibility index (Phi) is 6.19. The molecule has 0 aliphatic rings. The van der Waals surface area contributed by atoms with Crippen LogP contribution in [0.2, 0.25) is 0 Å². The highest BCUT2D eigenvalue weighted by Crippen LogP contribution is 2.19. The Balaban J connectivity index is 2.87. The summed E-state index contributed by atoms with van der Waals surface area (Å²) >= 11 is 0. The number of aliphatic hydroxyl groups excluding tert-OH is 1. The van der Waals surface area contributed by atoms with Crippen LogP contribution in [0.4, 0.5) is 0 Å². The summed E-state index contributed by atoms with van der Waals surface area (Å²) in [6.45, 7) is 6.40. The van der Waals surface area contributed by atoms with Crippen molar-refractivity contribution >= 4 is 10.0 Å². The first kappa shape index (κ1) is 17.2. The fourth-order valence-corrected chi connectivity index (χ4v) is 3.14. The van der Waals surface area contributed by atoms with Crippen LogP contribution in [0.25, 0.3) is 0 Å². The molecule has 0 saturated heterocycles. The van der Waals surface area contributed by atoms with E-state index in [1.807, 2.05) is 20.8 Å². The van der Waals surface area contributed by atoms with E-state index in [1.54, 1.807) is 17.9 Å². The highest BCUT2D eigenvalue weighted by atomic mass is 32.2. The van der Waals surface area contributed by atoms with E-state index < -0.39 is 10.0 Å². The molecule has 0 saturated carbocycles. The van der Waals surface area contributed by atoms with Crippen molar-refractivity contribution in [3.05, 3.63) is 18.0 Å². The Bertz CT molecular complexity index is 522.